The summed E-state index contributed by atoms with van der Waals surface area (Å²) < 4.78 is 52.4. The Morgan fingerprint density at radius 2 is 1.84 bits per heavy atom. The molecule has 162 valence electrons. The summed E-state index contributed by atoms with van der Waals surface area (Å²) >= 11 is 0. The molecule has 0 aliphatic carbocycles. The van der Waals surface area contributed by atoms with Crippen LogP contribution < -0.4 is 14.2 Å². The zero-order valence-corrected chi connectivity index (χ0v) is 16.9. The van der Waals surface area contributed by atoms with Crippen molar-refractivity contribution < 1.29 is 27.4 Å². The van der Waals surface area contributed by atoms with Crippen LogP contribution in [0, 0.1) is 0 Å². The molecule has 0 saturated heterocycles. The number of fused-ring (bicyclic) bond motifs is 1. The van der Waals surface area contributed by atoms with Crippen LogP contribution in [-0.2, 0) is 13.1 Å². The van der Waals surface area contributed by atoms with Crippen molar-refractivity contribution in [3.63, 3.8) is 0 Å². The van der Waals surface area contributed by atoms with Gasteiger partial charge in [-0.3, -0.25) is 9.88 Å². The van der Waals surface area contributed by atoms with E-state index in [1.807, 2.05) is 30.3 Å². The second-order valence-corrected chi connectivity index (χ2v) is 7.11. The molecule has 0 N–H and O–H groups in total. The van der Waals surface area contributed by atoms with Gasteiger partial charge in [-0.1, -0.05) is 18.2 Å². The number of ether oxygens (including phenoxy) is 3. The number of rotatable bonds is 5. The minimum absolute atomic E-state index is 0.246. The molecule has 3 aromatic rings. The number of pyridine rings is 1. The third kappa shape index (κ3) is 5.27. The van der Waals surface area contributed by atoms with Gasteiger partial charge in [0, 0.05) is 31.4 Å². The largest absolute Gasteiger partial charge is 0.573 e. The SMILES string of the molecule is COc1cccnc1CN1CCOc2ccc(-c3ccc(OC(F)(F)F)cc3)cc2C1. The molecule has 0 unspecified atom stereocenters. The fraction of sp³-hybridized carbons (Fsp3) is 0.261. The van der Waals surface area contributed by atoms with Crippen LogP contribution in [0.4, 0.5) is 13.2 Å². The highest BCUT2D eigenvalue weighted by atomic mass is 19.4. The van der Waals surface area contributed by atoms with Crippen LogP contribution in [0.5, 0.6) is 17.2 Å². The predicted molar refractivity (Wildman–Crippen MR) is 109 cm³/mol. The zero-order chi connectivity index (χ0) is 21.8. The van der Waals surface area contributed by atoms with Gasteiger partial charge < -0.3 is 14.2 Å². The molecule has 0 bridgehead atoms. The lowest BCUT2D eigenvalue weighted by Crippen LogP contribution is -2.26. The van der Waals surface area contributed by atoms with E-state index in [-0.39, 0.29) is 5.75 Å². The molecule has 4 rings (SSSR count). The lowest BCUT2D eigenvalue weighted by molar-refractivity contribution is -0.274. The Morgan fingerprint density at radius 1 is 1.06 bits per heavy atom. The second-order valence-electron chi connectivity index (χ2n) is 7.11. The van der Waals surface area contributed by atoms with Crippen LogP contribution in [0.25, 0.3) is 11.1 Å². The lowest BCUT2D eigenvalue weighted by Gasteiger charge is -2.20. The van der Waals surface area contributed by atoms with E-state index in [9.17, 15) is 13.2 Å². The third-order valence-corrected chi connectivity index (χ3v) is 4.98. The van der Waals surface area contributed by atoms with Crippen LogP contribution in [0.15, 0.2) is 60.8 Å². The van der Waals surface area contributed by atoms with Gasteiger partial charge in [-0.15, -0.1) is 13.2 Å². The Hall–Kier alpha value is -3.26. The number of benzene rings is 2. The van der Waals surface area contributed by atoms with E-state index in [0.717, 1.165) is 40.4 Å². The van der Waals surface area contributed by atoms with E-state index in [2.05, 4.69) is 14.6 Å². The van der Waals surface area contributed by atoms with Gasteiger partial charge in [0.25, 0.3) is 0 Å². The standard InChI is InChI=1S/C23H21F3N2O3/c1-29-22-3-2-10-27-20(22)15-28-11-12-30-21-9-6-17(13-18(21)14-28)16-4-7-19(8-5-16)31-23(24,25)26/h2-10,13H,11-12,14-15H2,1H3. The monoisotopic (exact) mass is 430 g/mol. The van der Waals surface area contributed by atoms with E-state index in [0.29, 0.717) is 19.7 Å². The average molecular weight is 430 g/mol. The molecular weight excluding hydrogens is 409 g/mol. The molecule has 8 heteroatoms. The van der Waals surface area contributed by atoms with Gasteiger partial charge in [0.1, 0.15) is 23.9 Å². The van der Waals surface area contributed by atoms with Crippen molar-refractivity contribution in [2.45, 2.75) is 19.5 Å². The van der Waals surface area contributed by atoms with Crippen molar-refractivity contribution in [2.24, 2.45) is 0 Å². The Morgan fingerprint density at radius 3 is 2.58 bits per heavy atom. The number of halogens is 3. The molecule has 1 aliphatic rings. The first-order chi connectivity index (χ1) is 14.9. The predicted octanol–water partition coefficient (Wildman–Crippen LogP) is 5.05. The maximum atomic E-state index is 12.4. The molecule has 0 radical (unpaired) electrons. The van der Waals surface area contributed by atoms with Gasteiger partial charge in [-0.05, 0) is 47.5 Å². The highest BCUT2D eigenvalue weighted by Crippen LogP contribution is 2.32. The van der Waals surface area contributed by atoms with Gasteiger partial charge in [0.05, 0.1) is 12.8 Å². The highest BCUT2D eigenvalue weighted by Gasteiger charge is 2.31. The number of nitrogens with zero attached hydrogens (tertiary/aromatic N) is 2. The summed E-state index contributed by atoms with van der Waals surface area (Å²) in [6.07, 6.45) is -2.97. The van der Waals surface area contributed by atoms with Gasteiger partial charge in [0.15, 0.2) is 0 Å². The normalized spacial score (nSPS) is 14.3. The van der Waals surface area contributed by atoms with Crippen LogP contribution in [0.3, 0.4) is 0 Å². The topological polar surface area (TPSA) is 43.8 Å². The van der Waals surface area contributed by atoms with E-state index in [1.165, 1.54) is 12.1 Å². The fourth-order valence-electron chi connectivity index (χ4n) is 3.55. The second kappa shape index (κ2) is 8.85. The van der Waals surface area contributed by atoms with E-state index >= 15 is 0 Å². The first-order valence-electron chi connectivity index (χ1n) is 9.73. The Bertz CT molecular complexity index is 1040. The molecular formula is C23H21F3N2O3. The first kappa shape index (κ1) is 21.0. The third-order valence-electron chi connectivity index (χ3n) is 4.98. The van der Waals surface area contributed by atoms with E-state index < -0.39 is 6.36 Å². The number of alkyl halides is 3. The number of methoxy groups -OCH3 is 1. The summed E-state index contributed by atoms with van der Waals surface area (Å²) in [5, 5.41) is 0. The number of hydrogen-bond donors (Lipinski definition) is 0. The van der Waals surface area contributed by atoms with Crippen LogP contribution in [0.2, 0.25) is 0 Å². The van der Waals surface area contributed by atoms with Crippen molar-refractivity contribution in [1.82, 2.24) is 9.88 Å². The summed E-state index contributed by atoms with van der Waals surface area (Å²) in [7, 11) is 1.62. The molecule has 0 atom stereocenters. The minimum Gasteiger partial charge on any atom is -0.495 e. The fourth-order valence-corrected chi connectivity index (χ4v) is 3.55. The molecule has 0 saturated carbocycles. The van der Waals surface area contributed by atoms with Gasteiger partial charge in [0.2, 0.25) is 0 Å². The molecule has 2 aromatic carbocycles. The first-order valence-corrected chi connectivity index (χ1v) is 9.73. The lowest BCUT2D eigenvalue weighted by atomic mass is 10.0. The number of hydrogen-bond acceptors (Lipinski definition) is 5. The Labute approximate surface area is 178 Å². The number of aromatic nitrogens is 1. The zero-order valence-electron chi connectivity index (χ0n) is 16.9. The summed E-state index contributed by atoms with van der Waals surface area (Å²) in [5.74, 6) is 1.30. The van der Waals surface area contributed by atoms with Gasteiger partial charge in [-0.25, -0.2) is 0 Å². The summed E-state index contributed by atoms with van der Waals surface area (Å²) in [6.45, 7) is 2.54. The maximum absolute atomic E-state index is 12.4. The summed E-state index contributed by atoms with van der Waals surface area (Å²) in [5.41, 5.74) is 3.53. The molecule has 2 heterocycles. The Balaban J connectivity index is 1.54. The van der Waals surface area contributed by atoms with Crippen molar-refractivity contribution in [3.8, 4) is 28.4 Å². The average Bonchev–Trinajstić information content (AvgIpc) is 2.94. The molecule has 0 fully saturated rings. The highest BCUT2D eigenvalue weighted by molar-refractivity contribution is 5.66. The molecule has 1 aromatic heterocycles. The minimum atomic E-state index is -4.71. The van der Waals surface area contributed by atoms with Crippen molar-refractivity contribution in [2.75, 3.05) is 20.3 Å². The smallest absolute Gasteiger partial charge is 0.495 e. The summed E-state index contributed by atoms with van der Waals surface area (Å²) in [6, 6.07) is 15.4. The quantitative estimate of drug-likeness (QED) is 0.567. The van der Waals surface area contributed by atoms with Crippen molar-refractivity contribution >= 4 is 0 Å². The van der Waals surface area contributed by atoms with Crippen molar-refractivity contribution in [3.05, 3.63) is 72.1 Å². The van der Waals surface area contributed by atoms with Crippen molar-refractivity contribution in [1.29, 1.82) is 0 Å². The van der Waals surface area contributed by atoms with Gasteiger partial charge >= 0.3 is 6.36 Å². The molecule has 31 heavy (non-hydrogen) atoms. The summed E-state index contributed by atoms with van der Waals surface area (Å²) in [4.78, 5) is 6.65. The molecule has 0 spiro atoms. The van der Waals surface area contributed by atoms with Crippen LogP contribution in [0.1, 0.15) is 11.3 Å². The molecule has 0 amide bonds. The maximum Gasteiger partial charge on any atom is 0.573 e. The Kier molecular flexibility index (Phi) is 5.99. The van der Waals surface area contributed by atoms with Gasteiger partial charge in [-0.2, -0.15) is 0 Å². The molecule has 5 nitrogen and oxygen atoms in total. The van der Waals surface area contributed by atoms with E-state index in [4.69, 9.17) is 9.47 Å². The van der Waals surface area contributed by atoms with Crippen LogP contribution in [-0.4, -0.2) is 36.5 Å². The molecule has 1 aliphatic heterocycles. The van der Waals surface area contributed by atoms with E-state index in [1.54, 1.807) is 25.4 Å². The van der Waals surface area contributed by atoms with Crippen LogP contribution >= 0.6 is 0 Å².